The van der Waals surface area contributed by atoms with Gasteiger partial charge in [0.05, 0.1) is 0 Å². The summed E-state index contributed by atoms with van der Waals surface area (Å²) < 4.78 is 0. The van der Waals surface area contributed by atoms with Gasteiger partial charge in [-0.25, -0.2) is 0 Å². The van der Waals surface area contributed by atoms with E-state index in [4.69, 9.17) is 0 Å². The monoisotopic (exact) mass is 209 g/mol. The summed E-state index contributed by atoms with van der Waals surface area (Å²) in [6.45, 7) is 0. The minimum atomic E-state index is 0.569. The molecule has 0 spiro atoms. The number of amides is 1. The van der Waals surface area contributed by atoms with Gasteiger partial charge in [-0.1, -0.05) is 38.5 Å². The molecule has 0 bridgehead atoms. The van der Waals surface area contributed by atoms with Gasteiger partial charge in [-0.3, -0.25) is 4.79 Å². The maximum atomic E-state index is 11.2. The van der Waals surface area contributed by atoms with E-state index < -0.39 is 0 Å². The number of carbonyl (C=O) groups excluding carboxylic acids is 1. The SMILES string of the molecule is O=CN(C1CCCCC1)C1CCCCC1. The Kier molecular flexibility index (Phi) is 4.04. The predicted octanol–water partition coefficient (Wildman–Crippen LogP) is 3.11. The maximum Gasteiger partial charge on any atom is 0.210 e. The molecule has 2 heteroatoms. The zero-order valence-electron chi connectivity index (χ0n) is 9.66. The summed E-state index contributed by atoms with van der Waals surface area (Å²) in [6, 6.07) is 1.14. The second-order valence-electron chi connectivity index (χ2n) is 5.14. The van der Waals surface area contributed by atoms with Crippen LogP contribution in [-0.2, 0) is 4.79 Å². The van der Waals surface area contributed by atoms with Crippen LogP contribution in [0.4, 0.5) is 0 Å². The Morgan fingerprint density at radius 2 is 1.13 bits per heavy atom. The molecule has 0 unspecified atom stereocenters. The lowest BCUT2D eigenvalue weighted by atomic mass is 9.89. The van der Waals surface area contributed by atoms with E-state index in [1.54, 1.807) is 0 Å². The smallest absolute Gasteiger partial charge is 0.210 e. The van der Waals surface area contributed by atoms with E-state index in [1.165, 1.54) is 64.2 Å². The van der Waals surface area contributed by atoms with Crippen LogP contribution in [0.25, 0.3) is 0 Å². The van der Waals surface area contributed by atoms with Crippen LogP contribution in [0.2, 0.25) is 0 Å². The van der Waals surface area contributed by atoms with Gasteiger partial charge in [0.15, 0.2) is 0 Å². The van der Waals surface area contributed by atoms with Crippen molar-refractivity contribution in [1.29, 1.82) is 0 Å². The van der Waals surface area contributed by atoms with Gasteiger partial charge in [0.25, 0.3) is 0 Å². The lowest BCUT2D eigenvalue weighted by molar-refractivity contribution is -0.124. The molecule has 2 saturated carbocycles. The van der Waals surface area contributed by atoms with Crippen molar-refractivity contribution in [3.63, 3.8) is 0 Å². The molecule has 2 nitrogen and oxygen atoms in total. The highest BCUT2D eigenvalue weighted by molar-refractivity contribution is 5.48. The van der Waals surface area contributed by atoms with Gasteiger partial charge in [-0.15, -0.1) is 0 Å². The van der Waals surface area contributed by atoms with Gasteiger partial charge >= 0.3 is 0 Å². The highest BCUT2D eigenvalue weighted by Gasteiger charge is 2.27. The summed E-state index contributed by atoms with van der Waals surface area (Å²) in [5.41, 5.74) is 0. The molecular weight excluding hydrogens is 186 g/mol. The average molecular weight is 209 g/mol. The van der Waals surface area contributed by atoms with E-state index in [2.05, 4.69) is 4.90 Å². The van der Waals surface area contributed by atoms with Gasteiger partial charge in [0.1, 0.15) is 0 Å². The molecule has 2 rings (SSSR count). The number of hydrogen-bond donors (Lipinski definition) is 0. The molecule has 0 heterocycles. The third kappa shape index (κ3) is 2.73. The Hall–Kier alpha value is -0.530. The van der Waals surface area contributed by atoms with E-state index in [-0.39, 0.29) is 0 Å². The fourth-order valence-electron chi connectivity index (χ4n) is 3.23. The molecule has 1 amide bonds. The van der Waals surface area contributed by atoms with E-state index in [1.807, 2.05) is 0 Å². The summed E-state index contributed by atoms with van der Waals surface area (Å²) in [5, 5.41) is 0. The van der Waals surface area contributed by atoms with Crippen molar-refractivity contribution in [2.45, 2.75) is 76.3 Å². The van der Waals surface area contributed by atoms with Crippen LogP contribution in [0.1, 0.15) is 64.2 Å². The van der Waals surface area contributed by atoms with Crippen LogP contribution in [0.3, 0.4) is 0 Å². The second-order valence-corrected chi connectivity index (χ2v) is 5.14. The molecule has 0 aliphatic heterocycles. The van der Waals surface area contributed by atoms with E-state index >= 15 is 0 Å². The normalized spacial score (nSPS) is 25.1. The van der Waals surface area contributed by atoms with Crippen molar-refractivity contribution in [3.8, 4) is 0 Å². The summed E-state index contributed by atoms with van der Waals surface area (Å²) in [7, 11) is 0. The lowest BCUT2D eigenvalue weighted by Crippen LogP contribution is -2.44. The fourth-order valence-corrected chi connectivity index (χ4v) is 3.23. The molecular formula is C13H23NO. The summed E-state index contributed by atoms with van der Waals surface area (Å²) >= 11 is 0. The van der Waals surface area contributed by atoms with E-state index in [0.717, 1.165) is 6.41 Å². The number of hydrogen-bond acceptors (Lipinski definition) is 1. The Morgan fingerprint density at radius 3 is 1.47 bits per heavy atom. The van der Waals surface area contributed by atoms with Gasteiger partial charge in [-0.05, 0) is 25.7 Å². The first kappa shape index (κ1) is 11.0. The molecule has 0 aromatic rings. The highest BCUT2D eigenvalue weighted by atomic mass is 16.1. The fraction of sp³-hybridized carbons (Fsp3) is 0.923. The molecule has 0 N–H and O–H groups in total. The number of carbonyl (C=O) groups is 1. The first-order chi connectivity index (χ1) is 7.42. The number of rotatable bonds is 3. The molecule has 2 aliphatic rings. The zero-order valence-corrected chi connectivity index (χ0v) is 9.66. The van der Waals surface area contributed by atoms with Crippen molar-refractivity contribution in [2.24, 2.45) is 0 Å². The lowest BCUT2D eigenvalue weighted by Gasteiger charge is -2.39. The van der Waals surface area contributed by atoms with Crippen molar-refractivity contribution in [1.82, 2.24) is 4.90 Å². The van der Waals surface area contributed by atoms with Gasteiger partial charge in [0, 0.05) is 12.1 Å². The first-order valence-corrected chi connectivity index (χ1v) is 6.64. The van der Waals surface area contributed by atoms with Gasteiger partial charge in [0.2, 0.25) is 6.41 Å². The minimum Gasteiger partial charge on any atom is -0.339 e. The Morgan fingerprint density at radius 1 is 0.733 bits per heavy atom. The van der Waals surface area contributed by atoms with Crippen LogP contribution in [-0.4, -0.2) is 23.4 Å². The standard InChI is InChI=1S/C13H23NO/c15-11-14(12-7-3-1-4-8-12)13-9-5-2-6-10-13/h11-13H,1-10H2. The Bertz CT molecular complexity index is 175. The summed E-state index contributed by atoms with van der Waals surface area (Å²) in [6.07, 6.45) is 14.1. The topological polar surface area (TPSA) is 20.3 Å². The molecule has 0 aromatic carbocycles. The maximum absolute atomic E-state index is 11.2. The van der Waals surface area contributed by atoms with E-state index in [0.29, 0.717) is 12.1 Å². The largest absolute Gasteiger partial charge is 0.339 e. The predicted molar refractivity (Wildman–Crippen MR) is 61.6 cm³/mol. The van der Waals surface area contributed by atoms with Crippen LogP contribution in [0.5, 0.6) is 0 Å². The van der Waals surface area contributed by atoms with Crippen molar-refractivity contribution < 1.29 is 4.79 Å². The van der Waals surface area contributed by atoms with Crippen LogP contribution in [0, 0.1) is 0 Å². The zero-order chi connectivity index (χ0) is 10.5. The van der Waals surface area contributed by atoms with Crippen molar-refractivity contribution >= 4 is 6.41 Å². The molecule has 0 atom stereocenters. The Balaban J connectivity index is 1.91. The van der Waals surface area contributed by atoms with Crippen molar-refractivity contribution in [3.05, 3.63) is 0 Å². The highest BCUT2D eigenvalue weighted by Crippen LogP contribution is 2.28. The third-order valence-corrected chi connectivity index (χ3v) is 4.11. The third-order valence-electron chi connectivity index (χ3n) is 4.11. The first-order valence-electron chi connectivity index (χ1n) is 6.64. The van der Waals surface area contributed by atoms with Crippen molar-refractivity contribution in [2.75, 3.05) is 0 Å². The summed E-state index contributed by atoms with van der Waals surface area (Å²) in [4.78, 5) is 13.4. The molecule has 0 radical (unpaired) electrons. The van der Waals surface area contributed by atoms with Gasteiger partial charge < -0.3 is 4.90 Å². The average Bonchev–Trinajstić information content (AvgIpc) is 2.33. The summed E-state index contributed by atoms with van der Waals surface area (Å²) in [5.74, 6) is 0. The van der Waals surface area contributed by atoms with Crippen LogP contribution in [0.15, 0.2) is 0 Å². The molecule has 15 heavy (non-hydrogen) atoms. The molecule has 2 fully saturated rings. The second kappa shape index (κ2) is 5.53. The molecule has 2 aliphatic carbocycles. The minimum absolute atomic E-state index is 0.569. The van der Waals surface area contributed by atoms with E-state index in [9.17, 15) is 4.79 Å². The quantitative estimate of drug-likeness (QED) is 0.654. The Labute approximate surface area is 93.0 Å². The van der Waals surface area contributed by atoms with Gasteiger partial charge in [-0.2, -0.15) is 0 Å². The molecule has 0 aromatic heterocycles. The molecule has 0 saturated heterocycles. The molecule has 86 valence electrons. The van der Waals surface area contributed by atoms with Crippen LogP contribution < -0.4 is 0 Å². The number of nitrogens with zero attached hydrogens (tertiary/aromatic N) is 1. The van der Waals surface area contributed by atoms with Crippen LogP contribution >= 0.6 is 0 Å².